The minimum atomic E-state index is -0.197. The fourth-order valence-corrected chi connectivity index (χ4v) is 2.72. The van der Waals surface area contributed by atoms with Crippen LogP contribution >= 0.6 is 0 Å². The number of hydrogen-bond acceptors (Lipinski definition) is 4. The highest BCUT2D eigenvalue weighted by Crippen LogP contribution is 2.20. The van der Waals surface area contributed by atoms with Crippen LogP contribution < -0.4 is 0 Å². The molecule has 2 atom stereocenters. The van der Waals surface area contributed by atoms with Crippen molar-refractivity contribution in [2.45, 2.75) is 45.0 Å². The molecule has 5 heteroatoms. The zero-order valence-electron chi connectivity index (χ0n) is 12.5. The summed E-state index contributed by atoms with van der Waals surface area (Å²) < 4.78 is 1.99. The highest BCUT2D eigenvalue weighted by atomic mass is 16.3. The minimum Gasteiger partial charge on any atom is -0.392 e. The van der Waals surface area contributed by atoms with E-state index in [0.717, 1.165) is 31.7 Å². The van der Waals surface area contributed by atoms with Crippen LogP contribution in [-0.2, 0) is 6.54 Å². The predicted molar refractivity (Wildman–Crippen MR) is 76.0 cm³/mol. The van der Waals surface area contributed by atoms with Gasteiger partial charge in [0, 0.05) is 37.9 Å². The fourth-order valence-electron chi connectivity index (χ4n) is 2.72. The summed E-state index contributed by atoms with van der Waals surface area (Å²) in [4.78, 5) is 4.53. The molecule has 0 aliphatic carbocycles. The summed E-state index contributed by atoms with van der Waals surface area (Å²) in [5.74, 6) is 0. The van der Waals surface area contributed by atoms with Gasteiger partial charge in [0.15, 0.2) is 0 Å². The second kappa shape index (κ2) is 6.03. The van der Waals surface area contributed by atoms with Gasteiger partial charge in [0.25, 0.3) is 0 Å². The van der Waals surface area contributed by atoms with E-state index in [1.807, 2.05) is 10.9 Å². The number of nitrogens with zero attached hydrogens (tertiary/aromatic N) is 4. The SMILES string of the molecule is CC(C)n1ccc(CN2CC(O)CC2CN(C)C)n1. The van der Waals surface area contributed by atoms with Gasteiger partial charge in [-0.1, -0.05) is 0 Å². The van der Waals surface area contributed by atoms with Crippen LogP contribution in [0.1, 0.15) is 32.0 Å². The summed E-state index contributed by atoms with van der Waals surface area (Å²) in [6, 6.07) is 2.90. The average Bonchev–Trinajstić information content (AvgIpc) is 2.86. The zero-order valence-corrected chi connectivity index (χ0v) is 12.5. The van der Waals surface area contributed by atoms with E-state index in [4.69, 9.17) is 0 Å². The Bertz CT molecular complexity index is 402. The van der Waals surface area contributed by atoms with E-state index in [1.165, 1.54) is 0 Å². The number of likely N-dealkylation sites (N-methyl/N-ethyl adjacent to an activating group) is 1. The van der Waals surface area contributed by atoms with Gasteiger partial charge in [-0.3, -0.25) is 9.58 Å². The third kappa shape index (κ3) is 3.78. The van der Waals surface area contributed by atoms with Crippen molar-refractivity contribution < 1.29 is 5.11 Å². The first-order chi connectivity index (χ1) is 8.95. The van der Waals surface area contributed by atoms with Crippen molar-refractivity contribution in [3.63, 3.8) is 0 Å². The number of hydrogen-bond donors (Lipinski definition) is 1. The molecule has 0 spiro atoms. The summed E-state index contributed by atoms with van der Waals surface area (Å²) in [5, 5.41) is 14.5. The monoisotopic (exact) mass is 266 g/mol. The van der Waals surface area contributed by atoms with Crippen molar-refractivity contribution in [1.29, 1.82) is 0 Å². The Kier molecular flexibility index (Phi) is 4.60. The van der Waals surface area contributed by atoms with E-state index in [1.54, 1.807) is 0 Å². The van der Waals surface area contributed by atoms with Crippen LogP contribution in [-0.4, -0.2) is 64.0 Å². The summed E-state index contributed by atoms with van der Waals surface area (Å²) in [5.41, 5.74) is 1.09. The molecule has 108 valence electrons. The molecule has 5 nitrogen and oxygen atoms in total. The summed E-state index contributed by atoms with van der Waals surface area (Å²) in [6.45, 7) is 6.83. The van der Waals surface area contributed by atoms with Crippen LogP contribution in [0.4, 0.5) is 0 Å². The lowest BCUT2D eigenvalue weighted by molar-refractivity contribution is 0.168. The standard InChI is InChI=1S/C14H26N4O/c1-11(2)18-6-5-12(15-18)8-17-10-14(19)7-13(17)9-16(3)4/h5-6,11,13-14,19H,7-10H2,1-4H3. The normalized spacial score (nSPS) is 24.8. The molecule has 0 bridgehead atoms. The Balaban J connectivity index is 1.99. The largest absolute Gasteiger partial charge is 0.392 e. The molecule has 2 rings (SSSR count). The smallest absolute Gasteiger partial charge is 0.0765 e. The number of β-amino-alcohol motifs (C(OH)–C–C–N with tert-alkyl or cyclic N) is 1. The number of likely N-dealkylation sites (tertiary alicyclic amines) is 1. The van der Waals surface area contributed by atoms with E-state index >= 15 is 0 Å². The molecule has 0 saturated carbocycles. The average molecular weight is 266 g/mol. The van der Waals surface area contributed by atoms with Crippen molar-refractivity contribution in [1.82, 2.24) is 19.6 Å². The maximum absolute atomic E-state index is 9.87. The molecule has 19 heavy (non-hydrogen) atoms. The molecule has 0 radical (unpaired) electrons. The first-order valence-electron chi connectivity index (χ1n) is 7.06. The Morgan fingerprint density at radius 2 is 2.21 bits per heavy atom. The van der Waals surface area contributed by atoms with Gasteiger partial charge in [-0.05, 0) is 40.4 Å². The van der Waals surface area contributed by atoms with Gasteiger partial charge in [-0.15, -0.1) is 0 Å². The van der Waals surface area contributed by atoms with Gasteiger partial charge in [0.05, 0.1) is 11.8 Å². The molecule has 1 fully saturated rings. The van der Waals surface area contributed by atoms with E-state index in [-0.39, 0.29) is 6.10 Å². The van der Waals surface area contributed by atoms with E-state index in [2.05, 4.69) is 48.9 Å². The second-order valence-electron chi connectivity index (χ2n) is 6.12. The molecule has 1 aliphatic rings. The topological polar surface area (TPSA) is 44.5 Å². The molecule has 2 unspecified atom stereocenters. The van der Waals surface area contributed by atoms with E-state index < -0.39 is 0 Å². The van der Waals surface area contributed by atoms with Gasteiger partial charge in [0.1, 0.15) is 0 Å². The molecule has 0 amide bonds. The van der Waals surface area contributed by atoms with Crippen molar-refractivity contribution in [2.24, 2.45) is 0 Å². The van der Waals surface area contributed by atoms with Gasteiger partial charge in [-0.2, -0.15) is 5.10 Å². The maximum atomic E-state index is 9.87. The molecular weight excluding hydrogens is 240 g/mol. The molecular formula is C14H26N4O. The Hall–Kier alpha value is -0.910. The summed E-state index contributed by atoms with van der Waals surface area (Å²) in [7, 11) is 4.16. The highest BCUT2D eigenvalue weighted by molar-refractivity contribution is 5.01. The van der Waals surface area contributed by atoms with Crippen molar-refractivity contribution in [3.05, 3.63) is 18.0 Å². The molecule has 1 aromatic rings. The number of aliphatic hydroxyl groups is 1. The summed E-state index contributed by atoms with van der Waals surface area (Å²) in [6.07, 6.45) is 2.70. The maximum Gasteiger partial charge on any atom is 0.0765 e. The molecule has 2 heterocycles. The summed E-state index contributed by atoms with van der Waals surface area (Å²) >= 11 is 0. The number of aromatic nitrogens is 2. The lowest BCUT2D eigenvalue weighted by Gasteiger charge is -2.25. The first kappa shape index (κ1) is 14.5. The number of rotatable bonds is 5. The number of aliphatic hydroxyl groups excluding tert-OH is 1. The van der Waals surface area contributed by atoms with Gasteiger partial charge >= 0.3 is 0 Å². The third-order valence-electron chi connectivity index (χ3n) is 3.64. The quantitative estimate of drug-likeness (QED) is 0.862. The molecule has 0 aromatic carbocycles. The minimum absolute atomic E-state index is 0.197. The lowest BCUT2D eigenvalue weighted by Crippen LogP contribution is -2.37. The van der Waals surface area contributed by atoms with Crippen LogP contribution in [0.25, 0.3) is 0 Å². The molecule has 1 aromatic heterocycles. The Morgan fingerprint density at radius 3 is 2.79 bits per heavy atom. The van der Waals surface area contributed by atoms with E-state index in [9.17, 15) is 5.11 Å². The zero-order chi connectivity index (χ0) is 14.0. The van der Waals surface area contributed by atoms with Crippen LogP contribution in [0.15, 0.2) is 12.3 Å². The van der Waals surface area contributed by atoms with Gasteiger partial charge < -0.3 is 10.0 Å². The molecule has 1 N–H and O–H groups in total. The Morgan fingerprint density at radius 1 is 1.47 bits per heavy atom. The third-order valence-corrected chi connectivity index (χ3v) is 3.64. The van der Waals surface area contributed by atoms with Crippen LogP contribution in [0.5, 0.6) is 0 Å². The lowest BCUT2D eigenvalue weighted by atomic mass is 10.2. The molecule has 1 aliphatic heterocycles. The highest BCUT2D eigenvalue weighted by Gasteiger charge is 2.31. The fraction of sp³-hybridized carbons (Fsp3) is 0.786. The van der Waals surface area contributed by atoms with Crippen molar-refractivity contribution in [3.8, 4) is 0 Å². The van der Waals surface area contributed by atoms with Crippen molar-refractivity contribution in [2.75, 3.05) is 27.2 Å². The molecule has 1 saturated heterocycles. The van der Waals surface area contributed by atoms with Crippen LogP contribution in [0.2, 0.25) is 0 Å². The van der Waals surface area contributed by atoms with Gasteiger partial charge in [0.2, 0.25) is 0 Å². The van der Waals surface area contributed by atoms with Gasteiger partial charge in [-0.25, -0.2) is 0 Å². The van der Waals surface area contributed by atoms with Crippen molar-refractivity contribution >= 4 is 0 Å². The first-order valence-corrected chi connectivity index (χ1v) is 7.06. The Labute approximate surface area is 115 Å². The van der Waals surface area contributed by atoms with E-state index in [0.29, 0.717) is 12.1 Å². The second-order valence-corrected chi connectivity index (χ2v) is 6.12. The van der Waals surface area contributed by atoms with Crippen LogP contribution in [0.3, 0.4) is 0 Å². The van der Waals surface area contributed by atoms with Crippen LogP contribution in [0, 0.1) is 0 Å². The predicted octanol–water partition coefficient (Wildman–Crippen LogP) is 0.961.